The molecule has 0 aliphatic heterocycles. The van der Waals surface area contributed by atoms with E-state index in [1.165, 1.54) is 0 Å². The molecule has 0 aliphatic rings. The van der Waals surface area contributed by atoms with Crippen LogP contribution in [0.3, 0.4) is 0 Å². The summed E-state index contributed by atoms with van der Waals surface area (Å²) in [5.41, 5.74) is 3.05. The molecule has 0 bridgehead atoms. The van der Waals surface area contributed by atoms with Crippen molar-refractivity contribution in [2.24, 2.45) is 0 Å². The fourth-order valence-electron chi connectivity index (χ4n) is 3.07. The van der Waals surface area contributed by atoms with Crippen LogP contribution in [0.4, 0.5) is 0 Å². The highest BCUT2D eigenvalue weighted by Gasteiger charge is 2.41. The Labute approximate surface area is 178 Å². The van der Waals surface area contributed by atoms with Gasteiger partial charge in [0.2, 0.25) is 0 Å². The first-order valence-corrected chi connectivity index (χ1v) is 10.3. The van der Waals surface area contributed by atoms with Crippen LogP contribution in [0, 0.1) is 0 Å². The topological polar surface area (TPSA) is 44.8 Å². The molecule has 0 N–H and O–H groups in total. The largest absolute Gasteiger partial charge is 0.461 e. The molecule has 0 amide bonds. The molecular weight excluding hydrogens is 376 g/mol. The average molecular weight is 405 g/mol. The molecule has 0 aromatic heterocycles. The summed E-state index contributed by atoms with van der Waals surface area (Å²) in [6.07, 6.45) is 0.987. The third-order valence-electron chi connectivity index (χ3n) is 4.87. The Morgan fingerprint density at radius 1 is 0.700 bits per heavy atom. The number of benzene rings is 3. The Morgan fingerprint density at radius 2 is 1.13 bits per heavy atom. The van der Waals surface area contributed by atoms with Crippen molar-refractivity contribution in [3.63, 3.8) is 0 Å². The Kier molecular flexibility index (Phi) is 8.19. The Bertz CT molecular complexity index is 835. The minimum atomic E-state index is -1.46. The molecule has 3 aromatic carbocycles. The van der Waals surface area contributed by atoms with E-state index in [1.807, 2.05) is 97.9 Å². The van der Waals surface area contributed by atoms with Crippen LogP contribution in [-0.2, 0) is 38.6 Å². The number of esters is 1. The van der Waals surface area contributed by atoms with Gasteiger partial charge in [-0.3, -0.25) is 0 Å². The van der Waals surface area contributed by atoms with E-state index in [9.17, 15) is 4.79 Å². The van der Waals surface area contributed by atoms with Gasteiger partial charge in [0.15, 0.2) is 0 Å². The maximum Gasteiger partial charge on any atom is 0.366 e. The molecule has 0 atom stereocenters. The molecule has 4 nitrogen and oxygen atoms in total. The van der Waals surface area contributed by atoms with Crippen molar-refractivity contribution in [2.45, 2.75) is 38.8 Å². The molecule has 0 heterocycles. The smallest absolute Gasteiger partial charge is 0.366 e. The molecule has 0 radical (unpaired) electrons. The summed E-state index contributed by atoms with van der Waals surface area (Å²) >= 11 is 0. The van der Waals surface area contributed by atoms with Crippen LogP contribution < -0.4 is 0 Å². The SMILES string of the molecule is CCC(OCc1ccccc1)(OCc1ccccc1)C(=O)OCCc1ccccc1. The normalized spacial score (nSPS) is 11.2. The monoisotopic (exact) mass is 404 g/mol. The van der Waals surface area contributed by atoms with Crippen LogP contribution >= 0.6 is 0 Å². The zero-order valence-electron chi connectivity index (χ0n) is 17.3. The van der Waals surface area contributed by atoms with Crippen molar-refractivity contribution in [3.8, 4) is 0 Å². The van der Waals surface area contributed by atoms with Gasteiger partial charge < -0.3 is 14.2 Å². The number of hydrogen-bond donors (Lipinski definition) is 0. The van der Waals surface area contributed by atoms with Crippen molar-refractivity contribution < 1.29 is 19.0 Å². The first kappa shape index (κ1) is 21.8. The van der Waals surface area contributed by atoms with Gasteiger partial charge in [0.1, 0.15) is 0 Å². The minimum absolute atomic E-state index is 0.261. The van der Waals surface area contributed by atoms with Crippen LogP contribution in [0.1, 0.15) is 30.0 Å². The van der Waals surface area contributed by atoms with Crippen molar-refractivity contribution in [3.05, 3.63) is 108 Å². The molecule has 0 fully saturated rings. The van der Waals surface area contributed by atoms with Crippen LogP contribution in [0.2, 0.25) is 0 Å². The number of rotatable bonds is 11. The van der Waals surface area contributed by atoms with Crippen LogP contribution in [0.5, 0.6) is 0 Å². The molecule has 4 heteroatoms. The van der Waals surface area contributed by atoms with E-state index in [0.717, 1.165) is 16.7 Å². The summed E-state index contributed by atoms with van der Waals surface area (Å²) in [6.45, 7) is 2.66. The van der Waals surface area contributed by atoms with Gasteiger partial charge in [-0.15, -0.1) is 0 Å². The van der Waals surface area contributed by atoms with Crippen molar-refractivity contribution in [1.82, 2.24) is 0 Å². The zero-order chi connectivity index (χ0) is 21.1. The lowest BCUT2D eigenvalue weighted by molar-refractivity contribution is -0.258. The predicted octanol–water partition coefficient (Wildman–Crippen LogP) is 5.31. The minimum Gasteiger partial charge on any atom is -0.461 e. The number of carbonyl (C=O) groups is 1. The first-order chi connectivity index (χ1) is 14.7. The lowest BCUT2D eigenvalue weighted by Gasteiger charge is -2.30. The number of carbonyl (C=O) groups excluding carboxylic acids is 1. The second-order valence-corrected chi connectivity index (χ2v) is 7.03. The molecule has 30 heavy (non-hydrogen) atoms. The van der Waals surface area contributed by atoms with Crippen LogP contribution in [0.25, 0.3) is 0 Å². The van der Waals surface area contributed by atoms with E-state index < -0.39 is 11.8 Å². The zero-order valence-corrected chi connectivity index (χ0v) is 17.3. The number of ether oxygens (including phenoxy) is 3. The highest BCUT2D eigenvalue weighted by Crippen LogP contribution is 2.24. The quantitative estimate of drug-likeness (QED) is 0.321. The summed E-state index contributed by atoms with van der Waals surface area (Å²) in [5, 5.41) is 0. The van der Waals surface area contributed by atoms with Gasteiger partial charge in [-0.1, -0.05) is 97.9 Å². The molecular formula is C26H28O4. The Balaban J connectivity index is 1.67. The molecule has 0 spiro atoms. The summed E-state index contributed by atoms with van der Waals surface area (Å²) in [6, 6.07) is 29.4. The molecule has 156 valence electrons. The van der Waals surface area contributed by atoms with Gasteiger partial charge in [0.25, 0.3) is 5.79 Å². The van der Waals surface area contributed by atoms with Gasteiger partial charge >= 0.3 is 5.97 Å². The fraction of sp³-hybridized carbons (Fsp3) is 0.269. The average Bonchev–Trinajstić information content (AvgIpc) is 2.81. The fourth-order valence-corrected chi connectivity index (χ4v) is 3.07. The molecule has 0 saturated carbocycles. The van der Waals surface area contributed by atoms with Gasteiger partial charge in [-0.25, -0.2) is 4.79 Å². The Hall–Kier alpha value is -2.95. The third-order valence-corrected chi connectivity index (χ3v) is 4.87. The summed E-state index contributed by atoms with van der Waals surface area (Å²) in [4.78, 5) is 13.1. The van der Waals surface area contributed by atoms with E-state index in [2.05, 4.69) is 0 Å². The second kappa shape index (κ2) is 11.3. The predicted molar refractivity (Wildman–Crippen MR) is 117 cm³/mol. The van der Waals surface area contributed by atoms with Gasteiger partial charge in [0.05, 0.1) is 19.8 Å². The number of hydrogen-bond acceptors (Lipinski definition) is 4. The summed E-state index contributed by atoms with van der Waals surface area (Å²) in [7, 11) is 0. The van der Waals surface area contributed by atoms with E-state index in [1.54, 1.807) is 0 Å². The first-order valence-electron chi connectivity index (χ1n) is 10.3. The van der Waals surface area contributed by atoms with E-state index in [0.29, 0.717) is 12.8 Å². The molecule has 0 unspecified atom stereocenters. The Morgan fingerprint density at radius 3 is 1.57 bits per heavy atom. The summed E-state index contributed by atoms with van der Waals surface area (Å²) in [5.74, 6) is -1.95. The van der Waals surface area contributed by atoms with Crippen molar-refractivity contribution in [2.75, 3.05) is 6.61 Å². The third kappa shape index (κ3) is 6.28. The molecule has 3 aromatic rings. The second-order valence-electron chi connectivity index (χ2n) is 7.03. The van der Waals surface area contributed by atoms with Crippen molar-refractivity contribution in [1.29, 1.82) is 0 Å². The lowest BCUT2D eigenvalue weighted by Crippen LogP contribution is -2.45. The van der Waals surface area contributed by atoms with Gasteiger partial charge in [-0.2, -0.15) is 0 Å². The van der Waals surface area contributed by atoms with Crippen molar-refractivity contribution >= 4 is 5.97 Å². The highest BCUT2D eigenvalue weighted by molar-refractivity contribution is 5.77. The van der Waals surface area contributed by atoms with Crippen LogP contribution in [0.15, 0.2) is 91.0 Å². The molecule has 0 saturated heterocycles. The maximum absolute atomic E-state index is 13.1. The molecule has 0 aliphatic carbocycles. The van der Waals surface area contributed by atoms with Gasteiger partial charge in [-0.05, 0) is 16.7 Å². The van der Waals surface area contributed by atoms with E-state index in [-0.39, 0.29) is 19.8 Å². The standard InChI is InChI=1S/C26H28O4/c1-2-26(29-20-23-14-8-4-9-15-23,30-21-24-16-10-5-11-17-24)25(27)28-19-18-22-12-6-3-7-13-22/h3-17H,2,18-21H2,1H3. The summed E-state index contributed by atoms with van der Waals surface area (Å²) < 4.78 is 17.7. The van der Waals surface area contributed by atoms with E-state index >= 15 is 0 Å². The van der Waals surface area contributed by atoms with Gasteiger partial charge in [0, 0.05) is 12.8 Å². The molecule has 3 rings (SSSR count). The van der Waals surface area contributed by atoms with E-state index in [4.69, 9.17) is 14.2 Å². The maximum atomic E-state index is 13.1. The van der Waals surface area contributed by atoms with Crippen LogP contribution in [-0.4, -0.2) is 18.4 Å². The lowest BCUT2D eigenvalue weighted by atomic mass is 10.1. The highest BCUT2D eigenvalue weighted by atomic mass is 16.7.